The van der Waals surface area contributed by atoms with E-state index in [2.05, 4.69) is 29.4 Å². The Bertz CT molecular complexity index is 348. The van der Waals surface area contributed by atoms with E-state index in [1.807, 2.05) is 0 Å². The van der Waals surface area contributed by atoms with Gasteiger partial charge in [0, 0.05) is 18.8 Å². The average Bonchev–Trinajstić information content (AvgIpc) is 2.25. The van der Waals surface area contributed by atoms with Crippen LogP contribution >= 0.6 is 0 Å². The normalized spacial score (nSPS) is 10.9. The summed E-state index contributed by atoms with van der Waals surface area (Å²) in [5, 5.41) is 7.27. The summed E-state index contributed by atoms with van der Waals surface area (Å²) in [6.07, 6.45) is 2.75. The van der Waals surface area contributed by atoms with E-state index < -0.39 is 0 Å². The Morgan fingerprint density at radius 3 is 2.94 bits per heavy atom. The van der Waals surface area contributed by atoms with Crippen LogP contribution in [-0.4, -0.2) is 48.4 Å². The van der Waals surface area contributed by atoms with E-state index in [0.717, 1.165) is 26.1 Å². The van der Waals surface area contributed by atoms with E-state index in [4.69, 9.17) is 0 Å². The van der Waals surface area contributed by atoms with Crippen molar-refractivity contribution in [3.63, 3.8) is 0 Å². The quantitative estimate of drug-likeness (QED) is 0.651. The zero-order chi connectivity index (χ0) is 11.8. The molecule has 0 aliphatic carbocycles. The minimum atomic E-state index is -0.0439. The summed E-state index contributed by atoms with van der Waals surface area (Å²) in [7, 11) is 4.13. The highest BCUT2D eigenvalue weighted by atomic mass is 16.1. The highest BCUT2D eigenvalue weighted by molar-refractivity contribution is 4.84. The Kier molecular flexibility index (Phi) is 5.74. The summed E-state index contributed by atoms with van der Waals surface area (Å²) in [5.74, 6) is 0. The number of hydrogen-bond donors (Lipinski definition) is 1. The van der Waals surface area contributed by atoms with E-state index in [1.54, 1.807) is 12.3 Å². The van der Waals surface area contributed by atoms with Crippen molar-refractivity contribution >= 4 is 0 Å². The molecule has 1 aromatic heterocycles. The molecule has 1 N–H and O–H groups in total. The molecule has 0 aromatic carbocycles. The Hall–Kier alpha value is -1.20. The fourth-order valence-corrected chi connectivity index (χ4v) is 1.39. The van der Waals surface area contributed by atoms with Crippen LogP contribution in [0.3, 0.4) is 0 Å². The lowest BCUT2D eigenvalue weighted by Crippen LogP contribution is -2.29. The third-order valence-electron chi connectivity index (χ3n) is 2.24. The molecule has 1 heterocycles. The van der Waals surface area contributed by atoms with Gasteiger partial charge >= 0.3 is 0 Å². The van der Waals surface area contributed by atoms with Crippen molar-refractivity contribution in [2.45, 2.75) is 13.0 Å². The van der Waals surface area contributed by atoms with Gasteiger partial charge in [-0.05, 0) is 39.7 Å². The Labute approximate surface area is 96.1 Å². The minimum Gasteiger partial charge on any atom is -0.315 e. The minimum absolute atomic E-state index is 0.0439. The first kappa shape index (κ1) is 12.9. The second kappa shape index (κ2) is 7.14. The molecule has 0 atom stereocenters. The van der Waals surface area contributed by atoms with Crippen LogP contribution in [0, 0.1) is 0 Å². The number of nitrogens with zero attached hydrogens (tertiary/aromatic N) is 3. The first-order valence-corrected chi connectivity index (χ1v) is 5.58. The van der Waals surface area contributed by atoms with Crippen LogP contribution in [0.25, 0.3) is 0 Å². The third-order valence-corrected chi connectivity index (χ3v) is 2.24. The van der Waals surface area contributed by atoms with Crippen LogP contribution in [0.2, 0.25) is 0 Å². The average molecular weight is 224 g/mol. The Morgan fingerprint density at radius 2 is 2.25 bits per heavy atom. The van der Waals surface area contributed by atoms with Crippen molar-refractivity contribution in [3.8, 4) is 0 Å². The molecule has 5 heteroatoms. The third kappa shape index (κ3) is 5.04. The number of hydrogen-bond acceptors (Lipinski definition) is 4. The fraction of sp³-hybridized carbons (Fsp3) is 0.636. The van der Waals surface area contributed by atoms with Gasteiger partial charge in [-0.1, -0.05) is 0 Å². The number of rotatable bonds is 7. The summed E-state index contributed by atoms with van der Waals surface area (Å²) in [6, 6.07) is 3.18. The highest BCUT2D eigenvalue weighted by Crippen LogP contribution is 1.81. The van der Waals surface area contributed by atoms with E-state index >= 15 is 0 Å². The maximum Gasteiger partial charge on any atom is 0.266 e. The van der Waals surface area contributed by atoms with Crippen molar-refractivity contribution in [3.05, 3.63) is 28.7 Å². The second-order valence-electron chi connectivity index (χ2n) is 3.99. The Balaban J connectivity index is 2.12. The first-order valence-electron chi connectivity index (χ1n) is 5.58. The van der Waals surface area contributed by atoms with Crippen molar-refractivity contribution in [1.29, 1.82) is 0 Å². The van der Waals surface area contributed by atoms with E-state index in [1.165, 1.54) is 10.7 Å². The lowest BCUT2D eigenvalue weighted by atomic mass is 10.4. The second-order valence-corrected chi connectivity index (χ2v) is 3.99. The van der Waals surface area contributed by atoms with Crippen LogP contribution in [-0.2, 0) is 6.54 Å². The maximum atomic E-state index is 11.3. The van der Waals surface area contributed by atoms with Crippen molar-refractivity contribution in [2.24, 2.45) is 0 Å². The van der Waals surface area contributed by atoms with Crippen LogP contribution in [0.5, 0.6) is 0 Å². The SMILES string of the molecule is CN(C)CCCNCCn1ncccc1=O. The molecule has 0 aliphatic rings. The van der Waals surface area contributed by atoms with Gasteiger partial charge in [0.05, 0.1) is 6.54 Å². The summed E-state index contributed by atoms with van der Waals surface area (Å²) in [4.78, 5) is 13.5. The molecule has 1 aromatic rings. The molecule has 0 aliphatic heterocycles. The van der Waals surface area contributed by atoms with Gasteiger partial charge in [-0.2, -0.15) is 5.10 Å². The van der Waals surface area contributed by atoms with Gasteiger partial charge in [0.2, 0.25) is 0 Å². The highest BCUT2D eigenvalue weighted by Gasteiger charge is 1.95. The van der Waals surface area contributed by atoms with Crippen molar-refractivity contribution in [2.75, 3.05) is 33.7 Å². The summed E-state index contributed by atoms with van der Waals surface area (Å²) in [6.45, 7) is 3.46. The van der Waals surface area contributed by atoms with Crippen molar-refractivity contribution < 1.29 is 0 Å². The van der Waals surface area contributed by atoms with Gasteiger partial charge in [-0.25, -0.2) is 4.68 Å². The topological polar surface area (TPSA) is 50.2 Å². The van der Waals surface area contributed by atoms with Gasteiger partial charge in [0.1, 0.15) is 0 Å². The predicted octanol–water partition coefficient (Wildman–Crippen LogP) is -0.215. The maximum absolute atomic E-state index is 11.3. The zero-order valence-corrected chi connectivity index (χ0v) is 10.0. The standard InChI is InChI=1S/C11H20N4O/c1-14(2)9-4-6-12-8-10-15-11(16)5-3-7-13-15/h3,5,7,12H,4,6,8-10H2,1-2H3. The Morgan fingerprint density at radius 1 is 1.44 bits per heavy atom. The van der Waals surface area contributed by atoms with Gasteiger partial charge in [0.15, 0.2) is 0 Å². The summed E-state index contributed by atoms with van der Waals surface area (Å²) < 4.78 is 1.47. The molecular formula is C11H20N4O. The lowest BCUT2D eigenvalue weighted by molar-refractivity contribution is 0.392. The molecule has 0 unspecified atom stereocenters. The molecule has 0 amide bonds. The zero-order valence-electron chi connectivity index (χ0n) is 10.0. The lowest BCUT2D eigenvalue weighted by Gasteiger charge is -2.09. The first-order chi connectivity index (χ1) is 7.70. The van der Waals surface area contributed by atoms with Gasteiger partial charge in [-0.15, -0.1) is 0 Å². The van der Waals surface area contributed by atoms with Crippen LogP contribution < -0.4 is 10.9 Å². The van der Waals surface area contributed by atoms with Crippen LogP contribution in [0.1, 0.15) is 6.42 Å². The van der Waals surface area contributed by atoms with Gasteiger partial charge in [0.25, 0.3) is 5.56 Å². The molecule has 0 fully saturated rings. The molecule has 0 spiro atoms. The summed E-state index contributed by atoms with van der Waals surface area (Å²) >= 11 is 0. The fourth-order valence-electron chi connectivity index (χ4n) is 1.39. The molecule has 1 rings (SSSR count). The van der Waals surface area contributed by atoms with E-state index in [-0.39, 0.29) is 5.56 Å². The van der Waals surface area contributed by atoms with Crippen molar-refractivity contribution in [1.82, 2.24) is 20.0 Å². The van der Waals surface area contributed by atoms with Gasteiger partial charge in [-0.3, -0.25) is 4.79 Å². The summed E-state index contributed by atoms with van der Waals surface area (Å²) in [5.41, 5.74) is -0.0439. The van der Waals surface area contributed by atoms with E-state index in [0.29, 0.717) is 6.54 Å². The van der Waals surface area contributed by atoms with Crippen LogP contribution in [0.4, 0.5) is 0 Å². The molecule has 90 valence electrons. The molecule has 0 bridgehead atoms. The smallest absolute Gasteiger partial charge is 0.266 e. The predicted molar refractivity (Wildman–Crippen MR) is 64.5 cm³/mol. The largest absolute Gasteiger partial charge is 0.315 e. The number of nitrogens with one attached hydrogen (secondary N) is 1. The monoisotopic (exact) mass is 224 g/mol. The van der Waals surface area contributed by atoms with E-state index in [9.17, 15) is 4.79 Å². The molecule has 16 heavy (non-hydrogen) atoms. The molecule has 0 saturated heterocycles. The molecule has 0 saturated carbocycles. The molecule has 5 nitrogen and oxygen atoms in total. The molecule has 0 radical (unpaired) electrons. The molecular weight excluding hydrogens is 204 g/mol. The van der Waals surface area contributed by atoms with Crippen LogP contribution in [0.15, 0.2) is 23.1 Å². The number of aromatic nitrogens is 2. The van der Waals surface area contributed by atoms with Gasteiger partial charge < -0.3 is 10.2 Å².